The smallest absolute Gasteiger partial charge is 0.234 e. The molecule has 6 nitrogen and oxygen atoms in total. The average Bonchev–Trinajstić information content (AvgIpc) is 2.86. The molecule has 2 aromatic rings. The molecule has 1 heterocycles. The first-order valence-corrected chi connectivity index (χ1v) is 13.5. The van der Waals surface area contributed by atoms with Crippen LogP contribution in [0.4, 0.5) is 5.69 Å². The van der Waals surface area contributed by atoms with E-state index in [4.69, 9.17) is 9.73 Å². The molecule has 2 aromatic carbocycles. The number of hydrogen-bond acceptors (Lipinski definition) is 6. The minimum absolute atomic E-state index is 0.0442. The third-order valence-electron chi connectivity index (χ3n) is 6.88. The van der Waals surface area contributed by atoms with E-state index in [2.05, 4.69) is 39.1 Å². The van der Waals surface area contributed by atoms with Crippen molar-refractivity contribution in [3.63, 3.8) is 0 Å². The average molecular weight is 516 g/mol. The number of Topliss-reactive ketones (excluding diaryl/α,β-unsaturated/α-hetero) is 1. The summed E-state index contributed by atoms with van der Waals surface area (Å²) in [7, 11) is 1.60. The standard InChI is InChI=1S/C30H33N3O3S/c1-18(2)19-6-10-21(11-7-19)32-26(35)17-37-29-23(16-31)27(20-8-12-22(36-5)13-9-20)28-24(33-29)14-30(3,4)15-25(28)34/h6-13,18,23,27H,14-15,17H2,1-5H3,(H,32,35)/t23?,27-/m1/s1. The number of ketones is 1. The highest BCUT2D eigenvalue weighted by Gasteiger charge is 2.44. The maximum Gasteiger partial charge on any atom is 0.234 e. The predicted molar refractivity (Wildman–Crippen MR) is 149 cm³/mol. The molecule has 2 atom stereocenters. The van der Waals surface area contributed by atoms with Crippen molar-refractivity contribution in [2.24, 2.45) is 16.3 Å². The molecule has 7 heteroatoms. The molecule has 0 fully saturated rings. The number of hydrogen-bond donors (Lipinski definition) is 1. The summed E-state index contributed by atoms with van der Waals surface area (Å²) in [6, 6.07) is 17.7. The molecule has 0 spiro atoms. The molecule has 0 bridgehead atoms. The fourth-order valence-electron chi connectivity index (χ4n) is 4.98. The molecule has 1 amide bonds. The highest BCUT2D eigenvalue weighted by atomic mass is 32.2. The van der Waals surface area contributed by atoms with Gasteiger partial charge in [-0.1, -0.05) is 63.7 Å². The minimum Gasteiger partial charge on any atom is -0.497 e. The molecule has 4 rings (SSSR count). The van der Waals surface area contributed by atoms with Gasteiger partial charge in [0.25, 0.3) is 0 Å². The number of nitrogens with zero attached hydrogens (tertiary/aromatic N) is 2. The van der Waals surface area contributed by atoms with E-state index in [0.29, 0.717) is 35.1 Å². The molecule has 37 heavy (non-hydrogen) atoms. The summed E-state index contributed by atoms with van der Waals surface area (Å²) in [6.07, 6.45) is 1.07. The Balaban J connectivity index is 1.60. The molecule has 2 aliphatic rings. The lowest BCUT2D eigenvalue weighted by molar-refractivity contribution is -0.118. The van der Waals surface area contributed by atoms with Gasteiger partial charge in [-0.25, -0.2) is 4.99 Å². The van der Waals surface area contributed by atoms with Crippen LogP contribution in [0.25, 0.3) is 0 Å². The van der Waals surface area contributed by atoms with Crippen molar-refractivity contribution in [1.29, 1.82) is 5.26 Å². The van der Waals surface area contributed by atoms with Gasteiger partial charge in [0.15, 0.2) is 5.78 Å². The summed E-state index contributed by atoms with van der Waals surface area (Å²) < 4.78 is 5.30. The number of carbonyl (C=O) groups is 2. The molecule has 0 saturated heterocycles. The number of methoxy groups -OCH3 is 1. The zero-order valence-corrected chi connectivity index (χ0v) is 22.8. The number of ether oxygens (including phenoxy) is 1. The predicted octanol–water partition coefficient (Wildman–Crippen LogP) is 6.47. The van der Waals surface area contributed by atoms with E-state index in [9.17, 15) is 14.9 Å². The fourth-order valence-corrected chi connectivity index (χ4v) is 5.87. The molecule has 1 unspecified atom stereocenters. The van der Waals surface area contributed by atoms with E-state index in [1.165, 1.54) is 17.3 Å². The van der Waals surface area contributed by atoms with Gasteiger partial charge in [-0.3, -0.25) is 9.59 Å². The summed E-state index contributed by atoms with van der Waals surface area (Å²) in [5.74, 6) is 0.0478. The monoisotopic (exact) mass is 515 g/mol. The lowest BCUT2D eigenvalue weighted by atomic mass is 9.68. The number of amides is 1. The Morgan fingerprint density at radius 3 is 2.43 bits per heavy atom. The number of aliphatic imine (C=N–C) groups is 1. The van der Waals surface area contributed by atoms with Crippen molar-refractivity contribution in [1.82, 2.24) is 0 Å². The van der Waals surface area contributed by atoms with Gasteiger partial charge >= 0.3 is 0 Å². The molecule has 192 valence electrons. The van der Waals surface area contributed by atoms with Crippen LogP contribution in [0.1, 0.15) is 63.5 Å². The van der Waals surface area contributed by atoms with Crippen molar-refractivity contribution in [3.8, 4) is 11.8 Å². The number of allylic oxidation sites excluding steroid dienone is 2. The van der Waals surface area contributed by atoms with Gasteiger partial charge in [0.2, 0.25) is 5.91 Å². The van der Waals surface area contributed by atoms with Gasteiger partial charge in [0.1, 0.15) is 11.7 Å². The lowest BCUT2D eigenvalue weighted by Gasteiger charge is -2.38. The van der Waals surface area contributed by atoms with Crippen molar-refractivity contribution in [2.75, 3.05) is 18.2 Å². The lowest BCUT2D eigenvalue weighted by Crippen LogP contribution is -2.35. The maximum atomic E-state index is 13.3. The van der Waals surface area contributed by atoms with Crippen LogP contribution in [-0.2, 0) is 9.59 Å². The van der Waals surface area contributed by atoms with Crippen molar-refractivity contribution in [2.45, 2.75) is 52.4 Å². The van der Waals surface area contributed by atoms with Crippen LogP contribution < -0.4 is 10.1 Å². The topological polar surface area (TPSA) is 91.5 Å². The van der Waals surface area contributed by atoms with Crippen LogP contribution >= 0.6 is 11.8 Å². The Kier molecular flexibility index (Phi) is 7.89. The number of anilines is 1. The Morgan fingerprint density at radius 2 is 1.84 bits per heavy atom. The zero-order chi connectivity index (χ0) is 26.7. The van der Waals surface area contributed by atoms with Crippen molar-refractivity contribution < 1.29 is 14.3 Å². The Morgan fingerprint density at radius 1 is 1.16 bits per heavy atom. The number of carbonyl (C=O) groups excluding carboxylic acids is 2. The van der Waals surface area contributed by atoms with Crippen LogP contribution in [0.15, 0.2) is 64.8 Å². The molecule has 0 aromatic heterocycles. The third-order valence-corrected chi connectivity index (χ3v) is 7.93. The van der Waals surface area contributed by atoms with Gasteiger partial charge in [0, 0.05) is 29.3 Å². The highest BCUT2D eigenvalue weighted by molar-refractivity contribution is 8.14. The Bertz CT molecular complexity index is 1280. The van der Waals surface area contributed by atoms with Gasteiger partial charge < -0.3 is 10.1 Å². The van der Waals surface area contributed by atoms with Crippen molar-refractivity contribution in [3.05, 3.63) is 70.9 Å². The fraction of sp³-hybridized carbons (Fsp3) is 0.400. The number of nitriles is 1. The number of benzene rings is 2. The van der Waals surface area contributed by atoms with E-state index in [-0.39, 0.29) is 22.9 Å². The molecule has 0 radical (unpaired) electrons. The SMILES string of the molecule is COc1ccc([C@H]2C3=C(CC(C)(C)CC3=O)N=C(SCC(=O)Nc3ccc(C(C)C)cc3)C2C#N)cc1. The second kappa shape index (κ2) is 10.9. The summed E-state index contributed by atoms with van der Waals surface area (Å²) in [5.41, 5.74) is 3.97. The quantitative estimate of drug-likeness (QED) is 0.476. The normalized spacial score (nSPS) is 20.7. The first kappa shape index (κ1) is 26.7. The third kappa shape index (κ3) is 5.97. The molecule has 1 aliphatic carbocycles. The highest BCUT2D eigenvalue weighted by Crippen LogP contribution is 2.48. The summed E-state index contributed by atoms with van der Waals surface area (Å²) in [4.78, 5) is 30.9. The van der Waals surface area contributed by atoms with Crippen LogP contribution in [0.2, 0.25) is 0 Å². The van der Waals surface area contributed by atoms with Crippen LogP contribution in [0.5, 0.6) is 5.75 Å². The molecular formula is C30H33N3O3S. The van der Waals surface area contributed by atoms with E-state index in [1.54, 1.807) is 7.11 Å². The van der Waals surface area contributed by atoms with E-state index < -0.39 is 11.8 Å². The maximum absolute atomic E-state index is 13.3. The molecule has 0 saturated carbocycles. The van der Waals surface area contributed by atoms with Gasteiger partial charge in [-0.15, -0.1) is 0 Å². The number of rotatable bonds is 6. The molecule has 1 aliphatic heterocycles. The van der Waals surface area contributed by atoms with Crippen LogP contribution in [0.3, 0.4) is 0 Å². The Hall–Kier alpha value is -3.37. The largest absolute Gasteiger partial charge is 0.497 e. The van der Waals surface area contributed by atoms with Gasteiger partial charge in [-0.05, 0) is 53.1 Å². The van der Waals surface area contributed by atoms with E-state index >= 15 is 0 Å². The summed E-state index contributed by atoms with van der Waals surface area (Å²) in [6.45, 7) is 8.38. The second-order valence-corrected chi connectivity index (χ2v) is 11.7. The van der Waals surface area contributed by atoms with Gasteiger partial charge in [0.05, 0.1) is 24.0 Å². The second-order valence-electron chi connectivity index (χ2n) is 10.7. The number of thioether (sulfide) groups is 1. The van der Waals surface area contributed by atoms with Crippen LogP contribution in [0, 0.1) is 22.7 Å². The van der Waals surface area contributed by atoms with E-state index in [0.717, 1.165) is 16.9 Å². The summed E-state index contributed by atoms with van der Waals surface area (Å²) in [5, 5.41) is 13.8. The number of nitrogens with one attached hydrogen (secondary N) is 1. The van der Waals surface area contributed by atoms with Crippen LogP contribution in [-0.4, -0.2) is 29.6 Å². The first-order valence-electron chi connectivity index (χ1n) is 12.5. The van der Waals surface area contributed by atoms with E-state index in [1.807, 2.05) is 48.5 Å². The molecular weight excluding hydrogens is 482 g/mol. The zero-order valence-electron chi connectivity index (χ0n) is 22.0. The van der Waals surface area contributed by atoms with Gasteiger partial charge in [-0.2, -0.15) is 5.26 Å². The molecule has 1 N–H and O–H groups in total. The Labute approximate surface area is 223 Å². The minimum atomic E-state index is -0.652. The summed E-state index contributed by atoms with van der Waals surface area (Å²) >= 11 is 1.27. The first-order chi connectivity index (χ1) is 17.6. The van der Waals surface area contributed by atoms with Crippen molar-refractivity contribution >= 4 is 34.2 Å².